The van der Waals surface area contributed by atoms with Crippen LogP contribution in [0.25, 0.3) is 0 Å². The van der Waals surface area contributed by atoms with Crippen LogP contribution in [0.3, 0.4) is 0 Å². The van der Waals surface area contributed by atoms with Gasteiger partial charge < -0.3 is 0 Å². The largest absolute Gasteiger partial charge is 0.192 e. The molecular weight excluding hydrogens is 292 g/mol. The molecule has 24 heavy (non-hydrogen) atoms. The van der Waals surface area contributed by atoms with Gasteiger partial charge in [-0.25, -0.2) is 0 Å². The Morgan fingerprint density at radius 2 is 1.17 bits per heavy atom. The van der Waals surface area contributed by atoms with Gasteiger partial charge in [0.1, 0.15) is 0 Å². The molecule has 0 atom stereocenters. The number of unbranched alkanes of at least 4 members (excludes halogenated alkanes) is 4. The van der Waals surface area contributed by atoms with Crippen molar-refractivity contribution in [2.24, 2.45) is 0 Å². The van der Waals surface area contributed by atoms with Crippen molar-refractivity contribution in [2.75, 3.05) is 0 Å². The van der Waals surface area contributed by atoms with Crippen molar-refractivity contribution in [1.29, 1.82) is 10.5 Å². The molecule has 0 saturated heterocycles. The minimum Gasteiger partial charge on any atom is -0.192 e. The summed E-state index contributed by atoms with van der Waals surface area (Å²) in [5.74, 6) is 6.33. The Morgan fingerprint density at radius 1 is 0.625 bits per heavy atom. The summed E-state index contributed by atoms with van der Waals surface area (Å²) in [4.78, 5) is 0. The van der Waals surface area contributed by atoms with Gasteiger partial charge in [-0.3, -0.25) is 0 Å². The van der Waals surface area contributed by atoms with E-state index in [4.69, 9.17) is 10.5 Å². The van der Waals surface area contributed by atoms with E-state index in [0.29, 0.717) is 5.56 Å². The maximum absolute atomic E-state index is 8.77. The molecule has 0 amide bonds. The standard InChI is InChI=1S/C22H20N2/c23-17-21-13-9-19(10-14-21)7-5-3-1-2-4-6-8-20-11-15-22(18-24)16-12-20/h9-16H,1-5,7H2. The Kier molecular flexibility index (Phi) is 7.14. The second kappa shape index (κ2) is 9.89. The van der Waals surface area contributed by atoms with Crippen molar-refractivity contribution in [3.63, 3.8) is 0 Å². The second-order valence-electron chi connectivity index (χ2n) is 5.71. The van der Waals surface area contributed by atoms with Crippen molar-refractivity contribution in [3.05, 3.63) is 70.8 Å². The van der Waals surface area contributed by atoms with E-state index in [-0.39, 0.29) is 0 Å². The zero-order valence-corrected chi connectivity index (χ0v) is 13.8. The highest BCUT2D eigenvalue weighted by Gasteiger charge is 1.95. The summed E-state index contributed by atoms with van der Waals surface area (Å²) in [5.41, 5.74) is 3.66. The van der Waals surface area contributed by atoms with E-state index in [9.17, 15) is 0 Å². The van der Waals surface area contributed by atoms with E-state index in [2.05, 4.69) is 24.0 Å². The molecule has 2 aromatic rings. The van der Waals surface area contributed by atoms with Gasteiger partial charge in [0.2, 0.25) is 0 Å². The van der Waals surface area contributed by atoms with E-state index >= 15 is 0 Å². The summed E-state index contributed by atoms with van der Waals surface area (Å²) in [7, 11) is 0. The second-order valence-corrected chi connectivity index (χ2v) is 5.71. The molecule has 2 aromatic carbocycles. The first-order chi connectivity index (χ1) is 11.8. The lowest BCUT2D eigenvalue weighted by molar-refractivity contribution is 0.650. The van der Waals surface area contributed by atoms with Crippen LogP contribution in [-0.4, -0.2) is 0 Å². The zero-order chi connectivity index (χ0) is 17.0. The normalized spacial score (nSPS) is 9.42. The Balaban J connectivity index is 1.59. The zero-order valence-electron chi connectivity index (χ0n) is 13.8. The van der Waals surface area contributed by atoms with E-state index in [1.54, 1.807) is 12.1 Å². The highest BCUT2D eigenvalue weighted by Crippen LogP contribution is 2.10. The summed E-state index contributed by atoms with van der Waals surface area (Å²) >= 11 is 0. The molecule has 0 fully saturated rings. The van der Waals surface area contributed by atoms with Crippen molar-refractivity contribution in [3.8, 4) is 24.0 Å². The Labute approximate surface area is 144 Å². The van der Waals surface area contributed by atoms with Crippen molar-refractivity contribution >= 4 is 0 Å². The third-order valence-corrected chi connectivity index (χ3v) is 3.85. The Hall–Kier alpha value is -3.02. The molecule has 0 aliphatic carbocycles. The monoisotopic (exact) mass is 312 g/mol. The van der Waals surface area contributed by atoms with E-state index in [1.807, 2.05) is 36.4 Å². The molecule has 118 valence electrons. The van der Waals surface area contributed by atoms with Crippen LogP contribution in [0.4, 0.5) is 0 Å². The van der Waals surface area contributed by atoms with Gasteiger partial charge in [0.25, 0.3) is 0 Å². The smallest absolute Gasteiger partial charge is 0.0991 e. The number of aryl methyl sites for hydroxylation is 1. The summed E-state index contributed by atoms with van der Waals surface area (Å²) < 4.78 is 0. The van der Waals surface area contributed by atoms with Crippen molar-refractivity contribution in [1.82, 2.24) is 0 Å². The van der Waals surface area contributed by atoms with Crippen LogP contribution in [0.5, 0.6) is 0 Å². The number of nitrogens with zero attached hydrogens (tertiary/aromatic N) is 2. The molecular formula is C22H20N2. The topological polar surface area (TPSA) is 47.6 Å². The van der Waals surface area contributed by atoms with Crippen LogP contribution in [0, 0.1) is 34.5 Å². The average molecular weight is 312 g/mol. The minimum absolute atomic E-state index is 0.669. The molecule has 0 bridgehead atoms. The van der Waals surface area contributed by atoms with Gasteiger partial charge in [-0.05, 0) is 61.2 Å². The van der Waals surface area contributed by atoms with Gasteiger partial charge in [-0.15, -0.1) is 0 Å². The van der Waals surface area contributed by atoms with Crippen LogP contribution in [-0.2, 0) is 6.42 Å². The first-order valence-electron chi connectivity index (χ1n) is 8.30. The fraction of sp³-hybridized carbons (Fsp3) is 0.273. The molecule has 0 spiro atoms. The minimum atomic E-state index is 0.669. The molecule has 0 aromatic heterocycles. The van der Waals surface area contributed by atoms with Gasteiger partial charge >= 0.3 is 0 Å². The molecule has 2 rings (SSSR count). The maximum atomic E-state index is 8.77. The van der Waals surface area contributed by atoms with E-state index in [1.165, 1.54) is 24.8 Å². The van der Waals surface area contributed by atoms with Gasteiger partial charge in [0.15, 0.2) is 0 Å². The lowest BCUT2D eigenvalue weighted by atomic mass is 10.0. The molecule has 0 unspecified atom stereocenters. The van der Waals surface area contributed by atoms with Crippen LogP contribution in [0.2, 0.25) is 0 Å². The third-order valence-electron chi connectivity index (χ3n) is 3.85. The molecule has 0 heterocycles. The average Bonchev–Trinajstić information content (AvgIpc) is 2.65. The summed E-state index contributed by atoms with van der Waals surface area (Å²) in [6.07, 6.45) is 6.68. The summed E-state index contributed by atoms with van der Waals surface area (Å²) in [5, 5.41) is 17.5. The van der Waals surface area contributed by atoms with Crippen LogP contribution in [0.15, 0.2) is 48.5 Å². The molecule has 2 heteroatoms. The fourth-order valence-electron chi connectivity index (χ4n) is 2.43. The van der Waals surface area contributed by atoms with Crippen molar-refractivity contribution in [2.45, 2.75) is 38.5 Å². The van der Waals surface area contributed by atoms with Gasteiger partial charge in [0, 0.05) is 12.0 Å². The lowest BCUT2D eigenvalue weighted by Gasteiger charge is -2.01. The summed E-state index contributed by atoms with van der Waals surface area (Å²) in [6.45, 7) is 0. The molecule has 0 saturated carbocycles. The lowest BCUT2D eigenvalue weighted by Crippen LogP contribution is -1.86. The molecule has 2 nitrogen and oxygen atoms in total. The Bertz CT molecular complexity index is 776. The van der Waals surface area contributed by atoms with Gasteiger partial charge in [-0.2, -0.15) is 10.5 Å². The van der Waals surface area contributed by atoms with Gasteiger partial charge in [0.05, 0.1) is 23.3 Å². The predicted molar refractivity (Wildman–Crippen MR) is 96.0 cm³/mol. The first kappa shape index (κ1) is 17.3. The van der Waals surface area contributed by atoms with Crippen LogP contribution >= 0.6 is 0 Å². The third kappa shape index (κ3) is 6.00. The maximum Gasteiger partial charge on any atom is 0.0991 e. The van der Waals surface area contributed by atoms with Crippen molar-refractivity contribution < 1.29 is 0 Å². The number of benzene rings is 2. The summed E-state index contributed by atoms with van der Waals surface area (Å²) in [6, 6.07) is 19.5. The first-order valence-corrected chi connectivity index (χ1v) is 8.30. The SMILES string of the molecule is N#Cc1ccc(C#CCCCCCCc2ccc(C#N)cc2)cc1. The molecule has 0 radical (unpaired) electrons. The number of rotatable bonds is 6. The van der Waals surface area contributed by atoms with Crippen LogP contribution < -0.4 is 0 Å². The van der Waals surface area contributed by atoms with E-state index < -0.39 is 0 Å². The Morgan fingerprint density at radius 3 is 1.79 bits per heavy atom. The van der Waals surface area contributed by atoms with Crippen LogP contribution in [0.1, 0.15) is 54.4 Å². The molecule has 0 aliphatic heterocycles. The quantitative estimate of drug-likeness (QED) is 0.558. The van der Waals surface area contributed by atoms with E-state index in [0.717, 1.165) is 30.4 Å². The number of hydrogen-bond donors (Lipinski definition) is 0. The number of nitriles is 2. The van der Waals surface area contributed by atoms with Gasteiger partial charge in [-0.1, -0.05) is 36.8 Å². The highest BCUT2D eigenvalue weighted by molar-refractivity contribution is 5.39. The molecule has 0 aliphatic rings. The fourth-order valence-corrected chi connectivity index (χ4v) is 2.43. The predicted octanol–water partition coefficient (Wildman–Crippen LogP) is 4.97. The molecule has 0 N–H and O–H groups in total. The highest BCUT2D eigenvalue weighted by atomic mass is 14.2. The number of hydrogen-bond acceptors (Lipinski definition) is 2.